The van der Waals surface area contributed by atoms with E-state index in [2.05, 4.69) is 38.3 Å². The van der Waals surface area contributed by atoms with Gasteiger partial charge >= 0.3 is 6.03 Å². The topological polar surface area (TPSA) is 80.5 Å². The molecule has 2 fully saturated rings. The van der Waals surface area contributed by atoms with Gasteiger partial charge in [0.15, 0.2) is 5.82 Å². The first kappa shape index (κ1) is 23.8. The molecule has 9 nitrogen and oxygen atoms in total. The molecule has 1 saturated heterocycles. The Morgan fingerprint density at radius 2 is 1.95 bits per heavy atom. The zero-order valence-corrected chi connectivity index (χ0v) is 22.4. The molecule has 9 heteroatoms. The van der Waals surface area contributed by atoms with Gasteiger partial charge in [0, 0.05) is 75.5 Å². The predicted molar refractivity (Wildman–Crippen MR) is 146 cm³/mol. The maximum Gasteiger partial charge on any atom is 0.317 e. The van der Waals surface area contributed by atoms with Gasteiger partial charge in [0.1, 0.15) is 0 Å². The monoisotopic (exact) mass is 515 g/mol. The van der Waals surface area contributed by atoms with E-state index in [0.717, 1.165) is 64.2 Å². The number of anilines is 2. The molecule has 38 heavy (non-hydrogen) atoms. The highest BCUT2D eigenvalue weighted by molar-refractivity contribution is 5.78. The Bertz CT molecular complexity index is 1370. The quantitative estimate of drug-likeness (QED) is 0.561. The van der Waals surface area contributed by atoms with Crippen molar-refractivity contribution in [3.8, 4) is 11.1 Å². The second-order valence-corrected chi connectivity index (χ2v) is 11.3. The van der Waals surface area contributed by atoms with E-state index in [9.17, 15) is 4.79 Å². The molecule has 3 aliphatic heterocycles. The molecule has 0 spiro atoms. The van der Waals surface area contributed by atoms with E-state index in [-0.39, 0.29) is 6.03 Å². The van der Waals surface area contributed by atoms with Crippen LogP contribution in [-0.2, 0) is 31.2 Å². The summed E-state index contributed by atoms with van der Waals surface area (Å²) in [5.41, 5.74) is 9.17. The van der Waals surface area contributed by atoms with Crippen molar-refractivity contribution in [2.24, 2.45) is 7.05 Å². The smallest absolute Gasteiger partial charge is 0.317 e. The number of benzene rings is 1. The maximum absolute atomic E-state index is 12.6. The molecule has 7 rings (SSSR count). The number of urea groups is 1. The van der Waals surface area contributed by atoms with Crippen molar-refractivity contribution in [2.45, 2.75) is 63.5 Å². The van der Waals surface area contributed by atoms with Crippen molar-refractivity contribution in [2.75, 3.05) is 38.3 Å². The van der Waals surface area contributed by atoms with E-state index in [4.69, 9.17) is 9.84 Å². The number of aryl methyl sites for hydroxylation is 2. The largest absolute Gasteiger partial charge is 0.381 e. The maximum atomic E-state index is 12.6. The van der Waals surface area contributed by atoms with Gasteiger partial charge in [-0.15, -0.1) is 0 Å². The summed E-state index contributed by atoms with van der Waals surface area (Å²) in [6.07, 6.45) is 11.6. The Morgan fingerprint density at radius 1 is 1.11 bits per heavy atom. The normalized spacial score (nSPS) is 19.8. The molecule has 0 radical (unpaired) electrons. The van der Waals surface area contributed by atoms with Gasteiger partial charge in [0.25, 0.3) is 0 Å². The molecule has 1 aromatic carbocycles. The Hall–Kier alpha value is -3.33. The van der Waals surface area contributed by atoms with Gasteiger partial charge in [0.05, 0.1) is 18.8 Å². The highest BCUT2D eigenvalue weighted by Crippen LogP contribution is 2.48. The van der Waals surface area contributed by atoms with Crippen LogP contribution in [0, 0.1) is 0 Å². The first-order valence-electron chi connectivity index (χ1n) is 14.2. The lowest BCUT2D eigenvalue weighted by molar-refractivity contribution is 0.0651. The van der Waals surface area contributed by atoms with Gasteiger partial charge in [-0.2, -0.15) is 10.2 Å². The lowest BCUT2D eigenvalue weighted by Crippen LogP contribution is -2.42. The number of ether oxygens (including phenoxy) is 1. The molecule has 1 saturated carbocycles. The number of hydrogen-bond donors (Lipinski definition) is 1. The number of carbonyl (C=O) groups excluding carboxylic acids is 1. The highest BCUT2D eigenvalue weighted by Gasteiger charge is 2.35. The summed E-state index contributed by atoms with van der Waals surface area (Å²) in [6.45, 7) is 3.84. The summed E-state index contributed by atoms with van der Waals surface area (Å²) in [5, 5.41) is 12.6. The molecule has 3 aromatic rings. The number of fused-ring (bicyclic) bond motifs is 2. The first-order chi connectivity index (χ1) is 18.6. The Kier molecular flexibility index (Phi) is 5.91. The van der Waals surface area contributed by atoms with Crippen molar-refractivity contribution >= 4 is 17.5 Å². The van der Waals surface area contributed by atoms with Gasteiger partial charge in [0.2, 0.25) is 0 Å². The second kappa shape index (κ2) is 9.45. The fraction of sp³-hybridized carbons (Fsp3) is 0.552. The number of amides is 2. The van der Waals surface area contributed by atoms with Crippen LogP contribution in [0.2, 0.25) is 0 Å². The first-order valence-corrected chi connectivity index (χ1v) is 14.2. The van der Waals surface area contributed by atoms with E-state index < -0.39 is 0 Å². The van der Waals surface area contributed by atoms with Crippen LogP contribution in [0.1, 0.15) is 66.4 Å². The summed E-state index contributed by atoms with van der Waals surface area (Å²) in [7, 11) is 3.70. The second-order valence-electron chi connectivity index (χ2n) is 11.3. The van der Waals surface area contributed by atoms with Crippen LogP contribution in [0.3, 0.4) is 0 Å². The lowest BCUT2D eigenvalue weighted by Gasteiger charge is -2.33. The zero-order valence-electron chi connectivity index (χ0n) is 22.4. The van der Waals surface area contributed by atoms with Gasteiger partial charge in [-0.3, -0.25) is 9.36 Å². The van der Waals surface area contributed by atoms with Crippen LogP contribution in [0.5, 0.6) is 0 Å². The van der Waals surface area contributed by atoms with Crippen molar-refractivity contribution in [3.63, 3.8) is 0 Å². The van der Waals surface area contributed by atoms with E-state index in [0.29, 0.717) is 18.5 Å². The van der Waals surface area contributed by atoms with Crippen molar-refractivity contribution in [3.05, 3.63) is 46.9 Å². The summed E-state index contributed by atoms with van der Waals surface area (Å²) < 4.78 is 9.86. The third-order valence-electron chi connectivity index (χ3n) is 8.76. The van der Waals surface area contributed by atoms with Crippen LogP contribution in [0.25, 0.3) is 11.1 Å². The summed E-state index contributed by atoms with van der Waals surface area (Å²) in [5.74, 6) is 1.66. The average molecular weight is 516 g/mol. The van der Waals surface area contributed by atoms with Crippen LogP contribution in [0.4, 0.5) is 16.3 Å². The standard InChI is InChI=1S/C29H37N7O2/c1-30-29(37)34-11-7-26-25(18-34)28(32-36(26)22-8-12-38-13-9-22)35-10-3-4-20-14-23(21-16-31-33(2)17-21)24(15-27(20)35)19-5-6-19/h14-17,19,22H,3-13,18H2,1-2H3,(H,30,37). The number of aromatic nitrogens is 4. The fourth-order valence-corrected chi connectivity index (χ4v) is 6.62. The van der Waals surface area contributed by atoms with Crippen LogP contribution in [0.15, 0.2) is 24.5 Å². The molecule has 5 heterocycles. The van der Waals surface area contributed by atoms with Crippen molar-refractivity contribution < 1.29 is 9.53 Å². The van der Waals surface area contributed by atoms with Crippen LogP contribution < -0.4 is 10.2 Å². The van der Waals surface area contributed by atoms with Gasteiger partial charge < -0.3 is 19.9 Å². The number of nitrogens with zero attached hydrogens (tertiary/aromatic N) is 6. The van der Waals surface area contributed by atoms with E-state index in [1.54, 1.807) is 7.05 Å². The van der Waals surface area contributed by atoms with E-state index in [1.165, 1.54) is 52.0 Å². The fourth-order valence-electron chi connectivity index (χ4n) is 6.62. The predicted octanol–water partition coefficient (Wildman–Crippen LogP) is 4.29. The lowest BCUT2D eigenvalue weighted by atomic mass is 9.91. The Balaban J connectivity index is 1.33. The van der Waals surface area contributed by atoms with E-state index in [1.807, 2.05) is 22.8 Å². The minimum atomic E-state index is -0.0170. The van der Waals surface area contributed by atoms with Crippen molar-refractivity contribution in [1.29, 1.82) is 0 Å². The van der Waals surface area contributed by atoms with Crippen molar-refractivity contribution in [1.82, 2.24) is 29.8 Å². The van der Waals surface area contributed by atoms with Gasteiger partial charge in [-0.1, -0.05) is 0 Å². The number of hydrogen-bond acceptors (Lipinski definition) is 5. The van der Waals surface area contributed by atoms with Gasteiger partial charge in [-0.25, -0.2) is 4.79 Å². The summed E-state index contributed by atoms with van der Waals surface area (Å²) in [4.78, 5) is 17.0. The molecule has 200 valence electrons. The molecule has 0 atom stereocenters. The highest BCUT2D eigenvalue weighted by atomic mass is 16.5. The molecule has 1 aliphatic carbocycles. The Morgan fingerprint density at radius 3 is 2.68 bits per heavy atom. The molecular formula is C29H37N7O2. The number of rotatable bonds is 4. The molecule has 1 N–H and O–H groups in total. The molecule has 0 unspecified atom stereocenters. The SMILES string of the molecule is CNC(=O)N1CCc2c(c(N3CCCc4cc(-c5cnn(C)c5)c(C5CC5)cc43)nn2C2CCOCC2)C1. The third kappa shape index (κ3) is 4.08. The average Bonchev–Trinajstić information content (AvgIpc) is 3.61. The zero-order chi connectivity index (χ0) is 25.8. The number of nitrogens with one attached hydrogen (secondary N) is 1. The van der Waals surface area contributed by atoms with E-state index >= 15 is 0 Å². The molecule has 2 amide bonds. The minimum absolute atomic E-state index is 0.0170. The molecule has 0 bridgehead atoms. The molecule has 4 aliphatic rings. The van der Waals surface area contributed by atoms with Gasteiger partial charge in [-0.05, 0) is 73.3 Å². The molecular weight excluding hydrogens is 478 g/mol. The minimum Gasteiger partial charge on any atom is -0.381 e. The Labute approximate surface area is 223 Å². The molecule has 2 aromatic heterocycles. The third-order valence-corrected chi connectivity index (χ3v) is 8.76. The summed E-state index contributed by atoms with van der Waals surface area (Å²) in [6, 6.07) is 5.21. The van der Waals surface area contributed by atoms with Crippen LogP contribution in [-0.4, -0.2) is 63.8 Å². The number of carbonyl (C=O) groups is 1. The summed E-state index contributed by atoms with van der Waals surface area (Å²) >= 11 is 0. The van der Waals surface area contributed by atoms with Crippen LogP contribution >= 0.6 is 0 Å².